The lowest BCUT2D eigenvalue weighted by Crippen LogP contribution is -2.39. The second kappa shape index (κ2) is 6.69. The van der Waals surface area contributed by atoms with Crippen molar-refractivity contribution in [1.29, 1.82) is 0 Å². The Morgan fingerprint density at radius 3 is 2.41 bits per heavy atom. The van der Waals surface area contributed by atoms with E-state index in [4.69, 9.17) is 0 Å². The molecule has 4 heteroatoms. The second-order valence-electron chi connectivity index (χ2n) is 6.76. The Balaban J connectivity index is 1.64. The number of anilines is 1. The molecule has 0 saturated carbocycles. The van der Waals surface area contributed by atoms with E-state index >= 15 is 0 Å². The molecule has 1 aromatic rings. The summed E-state index contributed by atoms with van der Waals surface area (Å²) in [5.74, 6) is 0.768. The van der Waals surface area contributed by atoms with E-state index in [1.165, 1.54) is 6.42 Å². The van der Waals surface area contributed by atoms with Crippen LogP contribution in [0.3, 0.4) is 0 Å². The Morgan fingerprint density at radius 2 is 1.77 bits per heavy atom. The van der Waals surface area contributed by atoms with Gasteiger partial charge in [-0.2, -0.15) is 0 Å². The molecule has 4 nitrogen and oxygen atoms in total. The van der Waals surface area contributed by atoms with Crippen LogP contribution in [0.1, 0.15) is 43.0 Å². The number of amides is 1. The molecule has 0 aliphatic carbocycles. The summed E-state index contributed by atoms with van der Waals surface area (Å²) in [7, 11) is 0. The fourth-order valence-corrected chi connectivity index (χ4v) is 3.50. The number of benzene rings is 1. The normalized spacial score (nSPS) is 23.6. The maximum atomic E-state index is 12.6. The van der Waals surface area contributed by atoms with Crippen LogP contribution >= 0.6 is 0 Å². The van der Waals surface area contributed by atoms with Crippen molar-refractivity contribution in [2.45, 2.75) is 38.7 Å². The van der Waals surface area contributed by atoms with Crippen LogP contribution in [0.25, 0.3) is 0 Å². The summed E-state index contributed by atoms with van der Waals surface area (Å²) in [6.45, 7) is 5.75. The van der Waals surface area contributed by atoms with Crippen molar-refractivity contribution in [2.24, 2.45) is 5.92 Å². The van der Waals surface area contributed by atoms with Crippen molar-refractivity contribution in [2.75, 3.05) is 31.1 Å². The summed E-state index contributed by atoms with van der Waals surface area (Å²) in [5.41, 5.74) is 1.94. The summed E-state index contributed by atoms with van der Waals surface area (Å²) in [6, 6.07) is 7.97. The van der Waals surface area contributed by atoms with Gasteiger partial charge in [-0.1, -0.05) is 6.92 Å². The van der Waals surface area contributed by atoms with Gasteiger partial charge in [0.1, 0.15) is 0 Å². The highest BCUT2D eigenvalue weighted by atomic mass is 16.3. The molecule has 1 N–H and O–H groups in total. The average molecular weight is 302 g/mol. The zero-order valence-corrected chi connectivity index (χ0v) is 13.4. The molecule has 120 valence electrons. The third-order valence-electron chi connectivity index (χ3n) is 4.89. The number of piperidine rings is 2. The number of nitrogens with zero attached hydrogens (tertiary/aromatic N) is 2. The van der Waals surface area contributed by atoms with Crippen molar-refractivity contribution in [3.8, 4) is 0 Å². The molecule has 1 aromatic carbocycles. The van der Waals surface area contributed by atoms with Crippen LogP contribution in [0.15, 0.2) is 24.3 Å². The van der Waals surface area contributed by atoms with E-state index in [1.807, 2.05) is 29.2 Å². The lowest BCUT2D eigenvalue weighted by molar-refractivity contribution is 0.0683. The molecule has 1 atom stereocenters. The lowest BCUT2D eigenvalue weighted by Gasteiger charge is -2.32. The molecular formula is C18H26N2O2. The third kappa shape index (κ3) is 3.43. The van der Waals surface area contributed by atoms with Gasteiger partial charge in [0, 0.05) is 37.4 Å². The zero-order valence-electron chi connectivity index (χ0n) is 13.4. The van der Waals surface area contributed by atoms with Gasteiger partial charge in [0.2, 0.25) is 0 Å². The van der Waals surface area contributed by atoms with Gasteiger partial charge in [0.25, 0.3) is 5.91 Å². The van der Waals surface area contributed by atoms with Gasteiger partial charge in [0.15, 0.2) is 0 Å². The van der Waals surface area contributed by atoms with E-state index in [2.05, 4.69) is 11.8 Å². The third-order valence-corrected chi connectivity index (χ3v) is 4.89. The first-order chi connectivity index (χ1) is 10.6. The van der Waals surface area contributed by atoms with E-state index in [0.29, 0.717) is 5.92 Å². The second-order valence-corrected chi connectivity index (χ2v) is 6.76. The average Bonchev–Trinajstić information content (AvgIpc) is 2.55. The Morgan fingerprint density at radius 1 is 1.09 bits per heavy atom. The lowest BCUT2D eigenvalue weighted by atomic mass is 9.99. The van der Waals surface area contributed by atoms with Crippen molar-refractivity contribution in [3.05, 3.63) is 29.8 Å². The molecule has 2 aliphatic rings. The molecule has 0 spiro atoms. The summed E-state index contributed by atoms with van der Waals surface area (Å²) in [4.78, 5) is 16.8. The van der Waals surface area contributed by atoms with Gasteiger partial charge < -0.3 is 14.9 Å². The van der Waals surface area contributed by atoms with Crippen molar-refractivity contribution >= 4 is 11.6 Å². The van der Waals surface area contributed by atoms with E-state index in [1.54, 1.807) is 0 Å². The number of rotatable bonds is 2. The summed E-state index contributed by atoms with van der Waals surface area (Å²) in [6.07, 6.45) is 3.83. The van der Waals surface area contributed by atoms with E-state index < -0.39 is 0 Å². The first-order valence-corrected chi connectivity index (χ1v) is 8.46. The van der Waals surface area contributed by atoms with Gasteiger partial charge in [-0.15, -0.1) is 0 Å². The molecule has 1 unspecified atom stereocenters. The Bertz CT molecular complexity index is 506. The molecule has 1 amide bonds. The monoisotopic (exact) mass is 302 g/mol. The maximum Gasteiger partial charge on any atom is 0.253 e. The molecule has 22 heavy (non-hydrogen) atoms. The number of likely N-dealkylation sites (tertiary alicyclic amines) is 1. The first kappa shape index (κ1) is 15.3. The first-order valence-electron chi connectivity index (χ1n) is 8.46. The number of aliphatic hydroxyl groups is 1. The fourth-order valence-electron chi connectivity index (χ4n) is 3.50. The van der Waals surface area contributed by atoms with E-state index in [0.717, 1.165) is 56.7 Å². The minimum atomic E-state index is -0.154. The predicted molar refractivity (Wildman–Crippen MR) is 88.2 cm³/mol. The molecule has 3 rings (SSSR count). The van der Waals surface area contributed by atoms with Gasteiger partial charge in [-0.25, -0.2) is 0 Å². The molecule has 2 saturated heterocycles. The van der Waals surface area contributed by atoms with Crippen LogP contribution in [0.5, 0.6) is 0 Å². The highest BCUT2D eigenvalue weighted by Crippen LogP contribution is 2.22. The fraction of sp³-hybridized carbons (Fsp3) is 0.611. The van der Waals surface area contributed by atoms with Gasteiger partial charge in [-0.3, -0.25) is 4.79 Å². The SMILES string of the molecule is CC1CCCN(C(=O)c2ccc(N3CCC(O)CC3)cc2)C1. The zero-order chi connectivity index (χ0) is 15.5. The van der Waals surface area contributed by atoms with Gasteiger partial charge in [0.05, 0.1) is 6.10 Å². The Hall–Kier alpha value is -1.55. The number of hydrogen-bond acceptors (Lipinski definition) is 3. The van der Waals surface area contributed by atoms with Crippen LogP contribution in [-0.4, -0.2) is 48.2 Å². The molecule has 0 bridgehead atoms. The molecule has 2 fully saturated rings. The molecule has 2 aliphatic heterocycles. The van der Waals surface area contributed by atoms with Crippen LogP contribution in [0, 0.1) is 5.92 Å². The molecular weight excluding hydrogens is 276 g/mol. The number of aliphatic hydroxyl groups excluding tert-OH is 1. The smallest absolute Gasteiger partial charge is 0.253 e. The van der Waals surface area contributed by atoms with E-state index in [9.17, 15) is 9.90 Å². The Labute approximate surface area is 132 Å². The quantitative estimate of drug-likeness (QED) is 0.913. The number of hydrogen-bond donors (Lipinski definition) is 1. The van der Waals surface area contributed by atoms with Crippen LogP contribution < -0.4 is 4.90 Å². The highest BCUT2D eigenvalue weighted by Gasteiger charge is 2.22. The summed E-state index contributed by atoms with van der Waals surface area (Å²) >= 11 is 0. The predicted octanol–water partition coefficient (Wildman–Crippen LogP) is 2.52. The van der Waals surface area contributed by atoms with Gasteiger partial charge >= 0.3 is 0 Å². The highest BCUT2D eigenvalue weighted by molar-refractivity contribution is 5.94. The van der Waals surface area contributed by atoms with Crippen molar-refractivity contribution in [1.82, 2.24) is 4.90 Å². The summed E-state index contributed by atoms with van der Waals surface area (Å²) < 4.78 is 0. The topological polar surface area (TPSA) is 43.8 Å². The minimum absolute atomic E-state index is 0.154. The molecule has 2 heterocycles. The summed E-state index contributed by atoms with van der Waals surface area (Å²) in [5, 5.41) is 9.58. The van der Waals surface area contributed by atoms with Crippen molar-refractivity contribution < 1.29 is 9.90 Å². The molecule has 0 radical (unpaired) electrons. The van der Waals surface area contributed by atoms with Crippen LogP contribution in [-0.2, 0) is 0 Å². The Kier molecular flexibility index (Phi) is 4.67. The minimum Gasteiger partial charge on any atom is -0.393 e. The molecule has 0 aromatic heterocycles. The largest absolute Gasteiger partial charge is 0.393 e. The standard InChI is InChI=1S/C18H26N2O2/c1-14-3-2-10-20(13-14)18(22)15-4-6-16(7-5-15)19-11-8-17(21)9-12-19/h4-7,14,17,21H,2-3,8-13H2,1H3. The number of carbonyl (C=O) groups excluding carboxylic acids is 1. The van der Waals surface area contributed by atoms with Crippen LogP contribution in [0.4, 0.5) is 5.69 Å². The van der Waals surface area contributed by atoms with E-state index in [-0.39, 0.29) is 12.0 Å². The number of carbonyl (C=O) groups is 1. The van der Waals surface area contributed by atoms with Crippen molar-refractivity contribution in [3.63, 3.8) is 0 Å². The maximum absolute atomic E-state index is 12.6. The van der Waals surface area contributed by atoms with Gasteiger partial charge in [-0.05, 0) is 55.9 Å². The van der Waals surface area contributed by atoms with Crippen LogP contribution in [0.2, 0.25) is 0 Å².